The van der Waals surface area contributed by atoms with Crippen LogP contribution in [0.5, 0.6) is 0 Å². The summed E-state index contributed by atoms with van der Waals surface area (Å²) in [6.07, 6.45) is 0. The number of nitrogens with one attached hydrogen (secondary N) is 1. The summed E-state index contributed by atoms with van der Waals surface area (Å²) in [6.45, 7) is 1.79. The molecule has 0 radical (unpaired) electrons. The van der Waals surface area contributed by atoms with E-state index < -0.39 is 0 Å². The molecular weight excluding hydrogens is 228 g/mol. The second kappa shape index (κ2) is 4.41. The Hall–Kier alpha value is -1.74. The Kier molecular flexibility index (Phi) is 2.97. The van der Waals surface area contributed by atoms with Crippen LogP contribution in [0.1, 0.15) is 5.82 Å². The van der Waals surface area contributed by atoms with Crippen LogP contribution in [0.2, 0.25) is 0 Å². The number of hydrogen-bond donors (Lipinski definition) is 2. The molecule has 3 N–H and O–H groups in total. The lowest BCUT2D eigenvalue weighted by Crippen LogP contribution is -2.09. The van der Waals surface area contributed by atoms with E-state index in [9.17, 15) is 0 Å². The summed E-state index contributed by atoms with van der Waals surface area (Å²) in [5.74, 6) is 6.49. The maximum atomic E-state index is 5.30. The van der Waals surface area contributed by atoms with Gasteiger partial charge >= 0.3 is 0 Å². The van der Waals surface area contributed by atoms with E-state index in [2.05, 4.69) is 30.9 Å². The van der Waals surface area contributed by atoms with E-state index in [1.807, 2.05) is 0 Å². The molecule has 16 heavy (non-hydrogen) atoms. The fourth-order valence-electron chi connectivity index (χ4n) is 1.07. The minimum absolute atomic E-state index is 0.560. The normalized spacial score (nSPS) is 10.4. The van der Waals surface area contributed by atoms with Crippen LogP contribution in [0.4, 0.5) is 5.82 Å². The van der Waals surface area contributed by atoms with Crippen molar-refractivity contribution in [2.24, 2.45) is 12.9 Å². The molecule has 0 atom stereocenters. The molecule has 0 spiro atoms. The van der Waals surface area contributed by atoms with Crippen molar-refractivity contribution in [2.45, 2.75) is 17.1 Å². The first-order chi connectivity index (χ1) is 7.69. The van der Waals surface area contributed by atoms with Crippen LogP contribution in [0.25, 0.3) is 0 Å². The SMILES string of the molecule is Cc1nc(NN)cc(Sc2nnnn2C)n1. The monoisotopic (exact) mass is 238 g/mol. The van der Waals surface area contributed by atoms with E-state index in [1.54, 1.807) is 24.7 Å². The molecule has 2 aromatic heterocycles. The molecule has 0 unspecified atom stereocenters. The molecule has 0 aliphatic heterocycles. The third-order valence-corrected chi connectivity index (χ3v) is 2.69. The molecule has 0 bridgehead atoms. The summed E-state index contributed by atoms with van der Waals surface area (Å²) >= 11 is 1.34. The Morgan fingerprint density at radius 2 is 2.25 bits per heavy atom. The first kappa shape index (κ1) is 10.8. The molecule has 0 saturated carbocycles. The van der Waals surface area contributed by atoms with Gasteiger partial charge in [0.15, 0.2) is 0 Å². The van der Waals surface area contributed by atoms with Gasteiger partial charge < -0.3 is 5.43 Å². The van der Waals surface area contributed by atoms with Crippen molar-refractivity contribution in [1.29, 1.82) is 0 Å². The van der Waals surface area contributed by atoms with E-state index >= 15 is 0 Å². The van der Waals surface area contributed by atoms with Crippen LogP contribution in [-0.4, -0.2) is 30.2 Å². The van der Waals surface area contributed by atoms with Crippen LogP contribution in [0.15, 0.2) is 16.2 Å². The second-order valence-electron chi connectivity index (χ2n) is 2.97. The van der Waals surface area contributed by atoms with Gasteiger partial charge in [-0.3, -0.25) is 0 Å². The third kappa shape index (κ3) is 2.25. The highest BCUT2D eigenvalue weighted by atomic mass is 32.2. The first-order valence-electron chi connectivity index (χ1n) is 4.41. The van der Waals surface area contributed by atoms with Gasteiger partial charge in [-0.15, -0.1) is 5.10 Å². The zero-order chi connectivity index (χ0) is 11.5. The highest BCUT2D eigenvalue weighted by molar-refractivity contribution is 7.99. The Morgan fingerprint density at radius 3 is 2.88 bits per heavy atom. The molecule has 0 aliphatic carbocycles. The van der Waals surface area contributed by atoms with Crippen LogP contribution < -0.4 is 11.3 Å². The number of nitrogen functional groups attached to an aromatic ring is 1. The van der Waals surface area contributed by atoms with Crippen molar-refractivity contribution in [2.75, 3.05) is 5.43 Å². The van der Waals surface area contributed by atoms with E-state index in [1.165, 1.54) is 11.8 Å². The Labute approximate surface area is 95.6 Å². The summed E-state index contributed by atoms with van der Waals surface area (Å²) in [4.78, 5) is 8.33. The lowest BCUT2D eigenvalue weighted by atomic mass is 10.5. The topological polar surface area (TPSA) is 107 Å². The predicted molar refractivity (Wildman–Crippen MR) is 57.5 cm³/mol. The van der Waals surface area contributed by atoms with Crippen molar-refractivity contribution < 1.29 is 0 Å². The van der Waals surface area contributed by atoms with Crippen LogP contribution in [-0.2, 0) is 7.05 Å². The zero-order valence-corrected chi connectivity index (χ0v) is 9.56. The quantitative estimate of drug-likeness (QED) is 0.428. The van der Waals surface area contributed by atoms with Gasteiger partial charge in [0.25, 0.3) is 0 Å². The van der Waals surface area contributed by atoms with Gasteiger partial charge in [-0.2, -0.15) is 0 Å². The second-order valence-corrected chi connectivity index (χ2v) is 3.96. The minimum atomic E-state index is 0.560. The van der Waals surface area contributed by atoms with E-state index in [0.29, 0.717) is 16.8 Å². The molecular formula is C7H10N8S. The summed E-state index contributed by atoms with van der Waals surface area (Å²) in [6, 6.07) is 1.73. The molecule has 9 heteroatoms. The Balaban J connectivity index is 2.28. The summed E-state index contributed by atoms with van der Waals surface area (Å²) in [5.41, 5.74) is 2.48. The van der Waals surface area contributed by atoms with Crippen molar-refractivity contribution in [3.63, 3.8) is 0 Å². The number of nitrogens with zero attached hydrogens (tertiary/aromatic N) is 6. The maximum Gasteiger partial charge on any atom is 0.215 e. The lowest BCUT2D eigenvalue weighted by molar-refractivity contribution is 0.664. The number of rotatable bonds is 3. The van der Waals surface area contributed by atoms with Crippen LogP contribution in [0.3, 0.4) is 0 Å². The van der Waals surface area contributed by atoms with E-state index in [4.69, 9.17) is 5.84 Å². The molecule has 0 fully saturated rings. The summed E-state index contributed by atoms with van der Waals surface area (Å²) in [5, 5.41) is 12.5. The lowest BCUT2D eigenvalue weighted by Gasteiger charge is -2.03. The molecule has 2 aromatic rings. The smallest absolute Gasteiger partial charge is 0.215 e. The average Bonchev–Trinajstić information content (AvgIpc) is 2.63. The number of aromatic nitrogens is 6. The van der Waals surface area contributed by atoms with Gasteiger partial charge in [0.1, 0.15) is 16.7 Å². The Bertz CT molecular complexity index is 495. The van der Waals surface area contributed by atoms with Crippen molar-refractivity contribution >= 4 is 17.6 Å². The van der Waals surface area contributed by atoms with Crippen molar-refractivity contribution in [3.05, 3.63) is 11.9 Å². The highest BCUT2D eigenvalue weighted by Gasteiger charge is 2.08. The first-order valence-corrected chi connectivity index (χ1v) is 5.23. The predicted octanol–water partition coefficient (Wildman–Crippen LogP) is -0.255. The third-order valence-electron chi connectivity index (χ3n) is 1.74. The number of nitrogens with two attached hydrogens (primary N) is 1. The number of hydrogen-bond acceptors (Lipinski definition) is 8. The van der Waals surface area contributed by atoms with Gasteiger partial charge in [0, 0.05) is 13.1 Å². The van der Waals surface area contributed by atoms with E-state index in [0.717, 1.165) is 5.03 Å². The molecule has 0 saturated heterocycles. The molecule has 2 heterocycles. The molecule has 84 valence electrons. The number of anilines is 1. The standard InChI is InChI=1S/C7H10N8S/c1-4-9-5(11-8)3-6(10-4)16-7-12-13-14-15(7)2/h3H,8H2,1-2H3,(H,9,10,11). The zero-order valence-electron chi connectivity index (χ0n) is 8.75. The number of aryl methyl sites for hydroxylation is 2. The molecule has 0 aliphatic rings. The molecule has 2 rings (SSSR count). The number of hydrazine groups is 1. The highest BCUT2D eigenvalue weighted by Crippen LogP contribution is 2.24. The largest absolute Gasteiger partial charge is 0.308 e. The maximum absolute atomic E-state index is 5.30. The van der Waals surface area contributed by atoms with Gasteiger partial charge in [-0.25, -0.2) is 20.5 Å². The minimum Gasteiger partial charge on any atom is -0.308 e. The van der Waals surface area contributed by atoms with Crippen LogP contribution in [0, 0.1) is 6.92 Å². The summed E-state index contributed by atoms with van der Waals surface area (Å²) < 4.78 is 1.57. The average molecular weight is 238 g/mol. The van der Waals surface area contributed by atoms with Crippen LogP contribution >= 0.6 is 11.8 Å². The molecule has 8 nitrogen and oxygen atoms in total. The molecule has 0 aromatic carbocycles. The Morgan fingerprint density at radius 1 is 1.44 bits per heavy atom. The fraction of sp³-hybridized carbons (Fsp3) is 0.286. The number of tetrazole rings is 1. The van der Waals surface area contributed by atoms with Crippen molar-refractivity contribution in [1.82, 2.24) is 30.2 Å². The molecule has 0 amide bonds. The van der Waals surface area contributed by atoms with Gasteiger partial charge in [0.05, 0.1) is 0 Å². The van der Waals surface area contributed by atoms with Crippen molar-refractivity contribution in [3.8, 4) is 0 Å². The van der Waals surface area contributed by atoms with Gasteiger partial charge in [-0.05, 0) is 29.1 Å². The van der Waals surface area contributed by atoms with E-state index in [-0.39, 0.29) is 0 Å². The van der Waals surface area contributed by atoms with Gasteiger partial charge in [-0.1, -0.05) is 0 Å². The summed E-state index contributed by atoms with van der Waals surface area (Å²) in [7, 11) is 1.76. The van der Waals surface area contributed by atoms with Gasteiger partial charge in [0.2, 0.25) is 5.16 Å². The fourth-order valence-corrected chi connectivity index (χ4v) is 1.85.